The number of hydrogen-bond acceptors (Lipinski definition) is 2. The maximum atomic E-state index is 12.0. The van der Waals surface area contributed by atoms with Gasteiger partial charge in [-0.2, -0.15) is 0 Å². The summed E-state index contributed by atoms with van der Waals surface area (Å²) in [5, 5.41) is 0.741. The highest BCUT2D eigenvalue weighted by Crippen LogP contribution is 2.28. The van der Waals surface area contributed by atoms with Crippen LogP contribution in [0.1, 0.15) is 38.7 Å². The van der Waals surface area contributed by atoms with E-state index >= 15 is 0 Å². The highest BCUT2D eigenvalue weighted by atomic mass is 35.5. The molecule has 1 amide bonds. The number of halogens is 1. The summed E-state index contributed by atoms with van der Waals surface area (Å²) >= 11 is 5.89. The molecule has 1 aliphatic heterocycles. The number of carbonyl (C=O) groups excluding carboxylic acids is 1. The van der Waals surface area contributed by atoms with Crippen molar-refractivity contribution in [2.45, 2.75) is 38.7 Å². The third kappa shape index (κ3) is 3.87. The Morgan fingerprint density at radius 2 is 1.95 bits per heavy atom. The molecule has 0 saturated carbocycles. The molecule has 1 aromatic carbocycles. The highest BCUT2D eigenvalue weighted by Gasteiger charge is 2.30. The second-order valence-electron chi connectivity index (χ2n) is 5.96. The standard InChI is InChI=1S/C15H20ClNO2/c1-15(2,3)19-14(18)17-9-8-12(10-17)11-4-6-13(16)7-5-11/h4-7,12H,8-10H2,1-3H3. The molecule has 1 aromatic rings. The minimum absolute atomic E-state index is 0.219. The van der Waals surface area contributed by atoms with E-state index < -0.39 is 5.60 Å². The fourth-order valence-electron chi connectivity index (χ4n) is 2.26. The molecule has 0 bridgehead atoms. The van der Waals surface area contributed by atoms with Gasteiger partial charge in [0.1, 0.15) is 5.60 Å². The zero-order valence-corrected chi connectivity index (χ0v) is 12.4. The van der Waals surface area contributed by atoms with E-state index in [0.717, 1.165) is 24.5 Å². The first-order valence-electron chi connectivity index (χ1n) is 6.58. The maximum Gasteiger partial charge on any atom is 0.410 e. The second kappa shape index (κ2) is 5.41. The number of likely N-dealkylation sites (tertiary alicyclic amines) is 1. The molecule has 1 heterocycles. The SMILES string of the molecule is CC(C)(C)OC(=O)N1CCC(c2ccc(Cl)cc2)C1. The Hall–Kier alpha value is -1.22. The molecule has 1 aliphatic rings. The zero-order valence-electron chi connectivity index (χ0n) is 11.6. The summed E-state index contributed by atoms with van der Waals surface area (Å²) in [5.74, 6) is 0.379. The Morgan fingerprint density at radius 1 is 1.32 bits per heavy atom. The summed E-state index contributed by atoms with van der Waals surface area (Å²) in [6.07, 6.45) is 0.755. The summed E-state index contributed by atoms with van der Waals surface area (Å²) < 4.78 is 5.39. The molecule has 1 saturated heterocycles. The van der Waals surface area contributed by atoms with Crippen LogP contribution in [-0.2, 0) is 4.74 Å². The zero-order chi connectivity index (χ0) is 14.0. The molecule has 0 spiro atoms. The van der Waals surface area contributed by atoms with Crippen LogP contribution in [0.25, 0.3) is 0 Å². The number of rotatable bonds is 1. The van der Waals surface area contributed by atoms with Gasteiger partial charge in [0.05, 0.1) is 0 Å². The van der Waals surface area contributed by atoms with Gasteiger partial charge in [0, 0.05) is 24.0 Å². The molecule has 19 heavy (non-hydrogen) atoms. The number of nitrogens with zero attached hydrogens (tertiary/aromatic N) is 1. The lowest BCUT2D eigenvalue weighted by atomic mass is 9.99. The van der Waals surface area contributed by atoms with E-state index in [-0.39, 0.29) is 6.09 Å². The number of benzene rings is 1. The fourth-order valence-corrected chi connectivity index (χ4v) is 2.39. The van der Waals surface area contributed by atoms with E-state index in [1.54, 1.807) is 4.90 Å². The van der Waals surface area contributed by atoms with Gasteiger partial charge >= 0.3 is 6.09 Å². The summed E-state index contributed by atoms with van der Waals surface area (Å²) in [4.78, 5) is 13.8. The molecule has 0 aliphatic carbocycles. The Labute approximate surface area is 119 Å². The predicted octanol–water partition coefficient (Wildman–Crippen LogP) is 4.06. The second-order valence-corrected chi connectivity index (χ2v) is 6.40. The van der Waals surface area contributed by atoms with Gasteiger partial charge in [0.25, 0.3) is 0 Å². The number of hydrogen-bond donors (Lipinski definition) is 0. The van der Waals surface area contributed by atoms with Crippen molar-refractivity contribution in [2.75, 3.05) is 13.1 Å². The largest absolute Gasteiger partial charge is 0.444 e. The van der Waals surface area contributed by atoms with Gasteiger partial charge in [-0.1, -0.05) is 23.7 Å². The molecular weight excluding hydrogens is 262 g/mol. The van der Waals surface area contributed by atoms with Crippen molar-refractivity contribution in [1.82, 2.24) is 4.90 Å². The third-order valence-corrected chi connectivity index (χ3v) is 3.43. The van der Waals surface area contributed by atoms with Crippen LogP contribution in [0, 0.1) is 0 Å². The molecule has 0 aromatic heterocycles. The van der Waals surface area contributed by atoms with E-state index in [4.69, 9.17) is 16.3 Å². The quantitative estimate of drug-likeness (QED) is 0.777. The van der Waals surface area contributed by atoms with Crippen molar-refractivity contribution in [2.24, 2.45) is 0 Å². The van der Waals surface area contributed by atoms with Crippen LogP contribution in [0.3, 0.4) is 0 Å². The maximum absolute atomic E-state index is 12.0. The average Bonchev–Trinajstić information content (AvgIpc) is 2.77. The van der Waals surface area contributed by atoms with Gasteiger partial charge in [0.2, 0.25) is 0 Å². The number of amides is 1. The van der Waals surface area contributed by atoms with Crippen LogP contribution in [0.2, 0.25) is 5.02 Å². The third-order valence-electron chi connectivity index (χ3n) is 3.18. The normalized spacial score (nSPS) is 19.6. The minimum Gasteiger partial charge on any atom is -0.444 e. The van der Waals surface area contributed by atoms with Gasteiger partial charge in [-0.15, -0.1) is 0 Å². The van der Waals surface area contributed by atoms with Crippen LogP contribution < -0.4 is 0 Å². The molecule has 4 heteroatoms. The van der Waals surface area contributed by atoms with Gasteiger partial charge < -0.3 is 9.64 Å². The molecule has 1 unspecified atom stereocenters. The van der Waals surface area contributed by atoms with Gasteiger partial charge in [-0.05, 0) is 44.9 Å². The van der Waals surface area contributed by atoms with Crippen molar-refractivity contribution < 1.29 is 9.53 Å². The molecule has 104 valence electrons. The summed E-state index contributed by atoms with van der Waals surface area (Å²) in [7, 11) is 0. The molecule has 2 rings (SSSR count). The Bertz CT molecular complexity index is 450. The molecular formula is C15H20ClNO2. The summed E-state index contributed by atoms with van der Waals surface area (Å²) in [5.41, 5.74) is 0.797. The van der Waals surface area contributed by atoms with Crippen molar-refractivity contribution >= 4 is 17.7 Å². The molecule has 0 radical (unpaired) electrons. The fraction of sp³-hybridized carbons (Fsp3) is 0.533. The Kier molecular flexibility index (Phi) is 4.04. The number of carbonyl (C=O) groups is 1. The van der Waals surface area contributed by atoms with Crippen LogP contribution in [0.5, 0.6) is 0 Å². The predicted molar refractivity (Wildman–Crippen MR) is 76.6 cm³/mol. The topological polar surface area (TPSA) is 29.5 Å². The average molecular weight is 282 g/mol. The molecule has 1 atom stereocenters. The molecule has 0 N–H and O–H groups in total. The van der Waals surface area contributed by atoms with Crippen molar-refractivity contribution in [1.29, 1.82) is 0 Å². The van der Waals surface area contributed by atoms with Crippen LogP contribution in [-0.4, -0.2) is 29.7 Å². The summed E-state index contributed by atoms with van der Waals surface area (Å²) in [6, 6.07) is 7.86. The van der Waals surface area contributed by atoms with E-state index in [9.17, 15) is 4.79 Å². The van der Waals surface area contributed by atoms with Gasteiger partial charge in [-0.3, -0.25) is 0 Å². The Balaban J connectivity index is 1.96. The number of ether oxygens (including phenoxy) is 1. The van der Waals surface area contributed by atoms with Gasteiger partial charge in [-0.25, -0.2) is 4.79 Å². The lowest BCUT2D eigenvalue weighted by molar-refractivity contribution is 0.0292. The lowest BCUT2D eigenvalue weighted by Gasteiger charge is -2.24. The first-order valence-corrected chi connectivity index (χ1v) is 6.96. The Morgan fingerprint density at radius 3 is 2.53 bits per heavy atom. The van der Waals surface area contributed by atoms with E-state index in [0.29, 0.717) is 5.92 Å². The summed E-state index contributed by atoms with van der Waals surface area (Å²) in [6.45, 7) is 7.13. The monoisotopic (exact) mass is 281 g/mol. The first kappa shape index (κ1) is 14.2. The van der Waals surface area contributed by atoms with Crippen LogP contribution >= 0.6 is 11.6 Å². The van der Waals surface area contributed by atoms with E-state index in [1.807, 2.05) is 45.0 Å². The molecule has 1 fully saturated rings. The van der Waals surface area contributed by atoms with E-state index in [1.165, 1.54) is 5.56 Å². The smallest absolute Gasteiger partial charge is 0.410 e. The molecule has 3 nitrogen and oxygen atoms in total. The van der Waals surface area contributed by atoms with Crippen molar-refractivity contribution in [3.05, 3.63) is 34.9 Å². The highest BCUT2D eigenvalue weighted by molar-refractivity contribution is 6.30. The van der Waals surface area contributed by atoms with Crippen molar-refractivity contribution in [3.8, 4) is 0 Å². The van der Waals surface area contributed by atoms with E-state index in [2.05, 4.69) is 0 Å². The van der Waals surface area contributed by atoms with Crippen molar-refractivity contribution in [3.63, 3.8) is 0 Å². The first-order chi connectivity index (χ1) is 8.85. The minimum atomic E-state index is -0.435. The van der Waals surface area contributed by atoms with Gasteiger partial charge in [0.15, 0.2) is 0 Å². The van der Waals surface area contributed by atoms with Crippen LogP contribution in [0.15, 0.2) is 24.3 Å². The van der Waals surface area contributed by atoms with Crippen LogP contribution in [0.4, 0.5) is 4.79 Å². The lowest BCUT2D eigenvalue weighted by Crippen LogP contribution is -2.35.